The summed E-state index contributed by atoms with van der Waals surface area (Å²) in [5.74, 6) is -1.25. The second-order valence-corrected chi connectivity index (χ2v) is 5.05. The molecule has 1 amide bonds. The van der Waals surface area contributed by atoms with E-state index in [0.717, 1.165) is 0 Å². The van der Waals surface area contributed by atoms with Crippen LogP contribution in [0, 0.1) is 0 Å². The second-order valence-electron chi connectivity index (χ2n) is 4.16. The lowest BCUT2D eigenvalue weighted by molar-refractivity contribution is -0.121. The Hall–Kier alpha value is -2.28. The lowest BCUT2D eigenvalue weighted by Gasteiger charge is -2.10. The van der Waals surface area contributed by atoms with E-state index in [9.17, 15) is 9.59 Å². The van der Waals surface area contributed by atoms with Crippen molar-refractivity contribution in [2.24, 2.45) is 0 Å². The van der Waals surface area contributed by atoms with E-state index in [4.69, 9.17) is 5.11 Å². The number of hydrogen-bond acceptors (Lipinski definition) is 5. The van der Waals surface area contributed by atoms with Gasteiger partial charge in [0.2, 0.25) is 5.91 Å². The number of carbonyl (C=O) groups is 2. The van der Waals surface area contributed by atoms with Gasteiger partial charge in [-0.05, 0) is 19.1 Å². The normalized spacial score (nSPS) is 11.8. The molecule has 0 spiro atoms. The van der Waals surface area contributed by atoms with E-state index >= 15 is 0 Å². The molecule has 0 radical (unpaired) electrons. The molecule has 104 valence electrons. The summed E-state index contributed by atoms with van der Waals surface area (Å²) in [7, 11) is 0. The van der Waals surface area contributed by atoms with Crippen LogP contribution in [0.1, 0.15) is 34.2 Å². The van der Waals surface area contributed by atoms with Crippen molar-refractivity contribution in [1.82, 2.24) is 15.3 Å². The molecule has 0 bridgehead atoms. The lowest BCUT2D eigenvalue weighted by Crippen LogP contribution is -2.28. The number of hydrogen-bond donors (Lipinski definition) is 2. The smallest absolute Gasteiger partial charge is 0.355 e. The summed E-state index contributed by atoms with van der Waals surface area (Å²) >= 11 is 1.21. The highest BCUT2D eigenvalue weighted by Gasteiger charge is 2.16. The molecule has 0 aliphatic carbocycles. The van der Waals surface area contributed by atoms with E-state index in [1.54, 1.807) is 25.3 Å². The molecule has 0 fully saturated rings. The molecule has 0 aliphatic heterocycles. The number of carboxylic acids is 1. The molecule has 0 saturated heterocycles. The van der Waals surface area contributed by atoms with Crippen molar-refractivity contribution >= 4 is 23.2 Å². The van der Waals surface area contributed by atoms with Crippen molar-refractivity contribution in [1.29, 1.82) is 0 Å². The predicted molar refractivity (Wildman–Crippen MR) is 73.6 cm³/mol. The third-order valence-electron chi connectivity index (χ3n) is 2.56. The fourth-order valence-electron chi connectivity index (χ4n) is 1.61. The molecule has 2 N–H and O–H groups in total. The standard InChI is InChI=1S/C13H13N3O3S/c1-8(12-16-10(7-20-12)13(18)19)15-11(17)6-9-4-2-3-5-14-9/h2-5,7-8H,6H2,1H3,(H,15,17)(H,18,19). The molecule has 1 unspecified atom stereocenters. The van der Waals surface area contributed by atoms with Crippen molar-refractivity contribution in [3.63, 3.8) is 0 Å². The average Bonchev–Trinajstić information content (AvgIpc) is 2.89. The molecule has 0 aromatic carbocycles. The molecule has 0 aliphatic rings. The predicted octanol–water partition coefficient (Wildman–Crippen LogP) is 1.66. The number of aromatic carboxylic acids is 1. The molecule has 2 aromatic rings. The minimum atomic E-state index is -1.07. The van der Waals surface area contributed by atoms with Crippen LogP contribution < -0.4 is 5.32 Å². The van der Waals surface area contributed by atoms with Crippen LogP contribution in [-0.2, 0) is 11.2 Å². The topological polar surface area (TPSA) is 92.2 Å². The van der Waals surface area contributed by atoms with E-state index < -0.39 is 5.97 Å². The van der Waals surface area contributed by atoms with Crippen LogP contribution in [0.4, 0.5) is 0 Å². The van der Waals surface area contributed by atoms with Crippen LogP contribution in [0.5, 0.6) is 0 Å². The van der Waals surface area contributed by atoms with Gasteiger partial charge in [0, 0.05) is 17.3 Å². The Morgan fingerprint density at radius 2 is 2.25 bits per heavy atom. The number of nitrogens with one attached hydrogen (secondary N) is 1. The third kappa shape index (κ3) is 3.61. The summed E-state index contributed by atoms with van der Waals surface area (Å²) in [5.41, 5.74) is 0.679. The van der Waals surface area contributed by atoms with Crippen molar-refractivity contribution in [3.05, 3.63) is 46.2 Å². The van der Waals surface area contributed by atoms with Crippen LogP contribution in [0.15, 0.2) is 29.8 Å². The molecule has 0 saturated carbocycles. The number of pyridine rings is 1. The number of thiazole rings is 1. The minimum absolute atomic E-state index is 0.00387. The zero-order valence-electron chi connectivity index (χ0n) is 10.7. The first-order chi connectivity index (χ1) is 9.56. The number of amides is 1. The fraction of sp³-hybridized carbons (Fsp3) is 0.231. The quantitative estimate of drug-likeness (QED) is 0.874. The summed E-state index contributed by atoms with van der Waals surface area (Å²) in [6.07, 6.45) is 1.81. The maximum absolute atomic E-state index is 11.8. The van der Waals surface area contributed by atoms with Crippen LogP contribution in [0.2, 0.25) is 0 Å². The van der Waals surface area contributed by atoms with Crippen LogP contribution >= 0.6 is 11.3 Å². The summed E-state index contributed by atoms with van der Waals surface area (Å²) in [5, 5.41) is 13.6. The van der Waals surface area contributed by atoms with Gasteiger partial charge < -0.3 is 10.4 Å². The Morgan fingerprint density at radius 1 is 1.45 bits per heavy atom. The summed E-state index contributed by atoms with van der Waals surface area (Å²) < 4.78 is 0. The van der Waals surface area contributed by atoms with Crippen LogP contribution in [-0.4, -0.2) is 27.0 Å². The Bertz CT molecular complexity index is 612. The van der Waals surface area contributed by atoms with Crippen LogP contribution in [0.3, 0.4) is 0 Å². The van der Waals surface area contributed by atoms with E-state index in [2.05, 4.69) is 15.3 Å². The number of carbonyl (C=O) groups excluding carboxylic acids is 1. The summed E-state index contributed by atoms with van der Waals surface area (Å²) in [6, 6.07) is 5.05. The minimum Gasteiger partial charge on any atom is -0.476 e. The molecule has 2 aromatic heterocycles. The maximum atomic E-state index is 11.8. The van der Waals surface area contributed by atoms with E-state index in [1.165, 1.54) is 16.7 Å². The number of aromatic nitrogens is 2. The van der Waals surface area contributed by atoms with Gasteiger partial charge in [0.15, 0.2) is 5.69 Å². The SMILES string of the molecule is CC(NC(=O)Cc1ccccn1)c1nc(C(=O)O)cs1. The largest absolute Gasteiger partial charge is 0.476 e. The fourth-order valence-corrected chi connectivity index (χ4v) is 2.41. The Balaban J connectivity index is 1.95. The van der Waals surface area contributed by atoms with E-state index in [-0.39, 0.29) is 24.1 Å². The summed E-state index contributed by atoms with van der Waals surface area (Å²) in [4.78, 5) is 30.6. The first-order valence-corrected chi connectivity index (χ1v) is 6.82. The zero-order valence-corrected chi connectivity index (χ0v) is 11.6. The molecular formula is C13H13N3O3S. The molecule has 2 heterocycles. The third-order valence-corrected chi connectivity index (χ3v) is 3.58. The Morgan fingerprint density at radius 3 is 2.85 bits per heavy atom. The zero-order chi connectivity index (χ0) is 14.5. The van der Waals surface area contributed by atoms with Gasteiger partial charge in [-0.1, -0.05) is 6.07 Å². The number of carboxylic acid groups (broad SMARTS) is 1. The Labute approximate surface area is 119 Å². The van der Waals surface area contributed by atoms with Gasteiger partial charge in [0.25, 0.3) is 0 Å². The van der Waals surface area contributed by atoms with Crippen LogP contribution in [0.25, 0.3) is 0 Å². The molecule has 2 rings (SSSR count). The first-order valence-electron chi connectivity index (χ1n) is 5.94. The van der Waals surface area contributed by atoms with Crippen molar-refractivity contribution < 1.29 is 14.7 Å². The van der Waals surface area contributed by atoms with E-state index in [0.29, 0.717) is 10.7 Å². The highest BCUT2D eigenvalue weighted by atomic mass is 32.1. The van der Waals surface area contributed by atoms with Gasteiger partial charge in [0.1, 0.15) is 5.01 Å². The second kappa shape index (κ2) is 6.25. The first kappa shape index (κ1) is 14.1. The van der Waals surface area contributed by atoms with Crippen molar-refractivity contribution in [2.45, 2.75) is 19.4 Å². The van der Waals surface area contributed by atoms with Gasteiger partial charge in [-0.15, -0.1) is 11.3 Å². The van der Waals surface area contributed by atoms with Gasteiger partial charge >= 0.3 is 5.97 Å². The maximum Gasteiger partial charge on any atom is 0.355 e. The van der Waals surface area contributed by atoms with E-state index in [1.807, 2.05) is 6.07 Å². The van der Waals surface area contributed by atoms with Gasteiger partial charge in [-0.2, -0.15) is 0 Å². The molecule has 1 atom stereocenters. The van der Waals surface area contributed by atoms with Gasteiger partial charge in [-0.25, -0.2) is 9.78 Å². The highest BCUT2D eigenvalue weighted by Crippen LogP contribution is 2.18. The molecule has 7 heteroatoms. The lowest BCUT2D eigenvalue weighted by atomic mass is 10.2. The highest BCUT2D eigenvalue weighted by molar-refractivity contribution is 7.09. The molecule has 20 heavy (non-hydrogen) atoms. The number of nitrogens with zero attached hydrogens (tertiary/aromatic N) is 2. The molecule has 6 nitrogen and oxygen atoms in total. The average molecular weight is 291 g/mol. The Kier molecular flexibility index (Phi) is 4.41. The van der Waals surface area contributed by atoms with Crippen molar-refractivity contribution in [2.75, 3.05) is 0 Å². The van der Waals surface area contributed by atoms with Gasteiger partial charge in [-0.3, -0.25) is 9.78 Å². The van der Waals surface area contributed by atoms with Crippen molar-refractivity contribution in [3.8, 4) is 0 Å². The molecular weight excluding hydrogens is 278 g/mol. The monoisotopic (exact) mass is 291 g/mol. The summed E-state index contributed by atoms with van der Waals surface area (Å²) in [6.45, 7) is 1.76. The van der Waals surface area contributed by atoms with Gasteiger partial charge in [0.05, 0.1) is 12.5 Å². The number of rotatable bonds is 5.